The molecule has 0 radical (unpaired) electrons. The zero-order valence-corrected chi connectivity index (χ0v) is 14.3. The number of carbonyl (C=O) groups excluding carboxylic acids is 1. The predicted octanol–water partition coefficient (Wildman–Crippen LogP) is 3.81. The van der Waals surface area contributed by atoms with Crippen LogP contribution in [0.15, 0.2) is 53.1 Å². The summed E-state index contributed by atoms with van der Waals surface area (Å²) in [5.41, 5.74) is 3.33. The Morgan fingerprint density at radius 3 is 2.85 bits per heavy atom. The molecule has 1 aromatic heterocycles. The summed E-state index contributed by atoms with van der Waals surface area (Å²) in [6, 6.07) is 15.1. The third-order valence-electron chi connectivity index (χ3n) is 4.23. The lowest BCUT2D eigenvalue weighted by Gasteiger charge is -2.08. The normalized spacial score (nSPS) is 12.2. The van der Waals surface area contributed by atoms with E-state index in [0.29, 0.717) is 23.0 Å². The summed E-state index contributed by atoms with van der Waals surface area (Å²) in [6.07, 6.45) is 1.00. The van der Waals surface area contributed by atoms with E-state index in [0.717, 1.165) is 23.2 Å². The van der Waals surface area contributed by atoms with E-state index in [4.69, 9.17) is 14.0 Å². The van der Waals surface area contributed by atoms with Crippen molar-refractivity contribution in [1.82, 2.24) is 5.16 Å². The standard InChI is InChI=1S/C20H18N2O4/c1-2-13-5-3-4-6-16(13)21-20(23)11-15-10-18(26-22-15)14-7-8-17-19(9-14)25-12-24-17/h3-10H,2,11-12H2,1H3,(H,21,23). The molecule has 26 heavy (non-hydrogen) atoms. The van der Waals surface area contributed by atoms with Gasteiger partial charge in [-0.1, -0.05) is 30.3 Å². The van der Waals surface area contributed by atoms with Gasteiger partial charge in [-0.25, -0.2) is 0 Å². The summed E-state index contributed by atoms with van der Waals surface area (Å²) >= 11 is 0. The van der Waals surface area contributed by atoms with Gasteiger partial charge in [0.15, 0.2) is 17.3 Å². The van der Waals surface area contributed by atoms with Crippen molar-refractivity contribution in [3.8, 4) is 22.8 Å². The Morgan fingerprint density at radius 2 is 1.96 bits per heavy atom. The van der Waals surface area contributed by atoms with Crippen LogP contribution < -0.4 is 14.8 Å². The van der Waals surface area contributed by atoms with Gasteiger partial charge in [-0.3, -0.25) is 4.79 Å². The molecule has 6 heteroatoms. The predicted molar refractivity (Wildman–Crippen MR) is 96.2 cm³/mol. The molecule has 132 valence electrons. The number of hydrogen-bond acceptors (Lipinski definition) is 5. The van der Waals surface area contributed by atoms with Crippen LogP contribution >= 0.6 is 0 Å². The molecule has 0 saturated carbocycles. The molecule has 1 amide bonds. The third-order valence-corrected chi connectivity index (χ3v) is 4.23. The first-order valence-electron chi connectivity index (χ1n) is 8.46. The Morgan fingerprint density at radius 1 is 1.12 bits per heavy atom. The lowest BCUT2D eigenvalue weighted by molar-refractivity contribution is -0.115. The molecule has 4 rings (SSSR count). The molecule has 1 aliphatic rings. The number of rotatable bonds is 5. The van der Waals surface area contributed by atoms with Crippen LogP contribution in [0.25, 0.3) is 11.3 Å². The molecule has 3 aromatic rings. The number of nitrogens with zero attached hydrogens (tertiary/aromatic N) is 1. The van der Waals surface area contributed by atoms with Gasteiger partial charge in [0.2, 0.25) is 12.7 Å². The quantitative estimate of drug-likeness (QED) is 0.757. The van der Waals surface area contributed by atoms with E-state index < -0.39 is 0 Å². The van der Waals surface area contributed by atoms with Crippen LogP contribution in [-0.2, 0) is 17.6 Å². The van der Waals surface area contributed by atoms with Crippen LogP contribution in [-0.4, -0.2) is 17.9 Å². The molecule has 6 nitrogen and oxygen atoms in total. The average Bonchev–Trinajstić information content (AvgIpc) is 3.30. The first kappa shape index (κ1) is 16.2. The van der Waals surface area contributed by atoms with Crippen molar-refractivity contribution in [3.05, 3.63) is 59.8 Å². The molecule has 0 spiro atoms. The molecular weight excluding hydrogens is 332 g/mol. The van der Waals surface area contributed by atoms with Crippen molar-refractivity contribution in [2.75, 3.05) is 12.1 Å². The number of ether oxygens (including phenoxy) is 2. The molecular formula is C20H18N2O4. The van der Waals surface area contributed by atoms with Crippen LogP contribution in [0.1, 0.15) is 18.2 Å². The van der Waals surface area contributed by atoms with Crippen LogP contribution in [0.2, 0.25) is 0 Å². The zero-order valence-electron chi connectivity index (χ0n) is 14.3. The van der Waals surface area contributed by atoms with Gasteiger partial charge in [0.25, 0.3) is 0 Å². The van der Waals surface area contributed by atoms with Crippen molar-refractivity contribution in [1.29, 1.82) is 0 Å². The fourth-order valence-corrected chi connectivity index (χ4v) is 2.89. The van der Waals surface area contributed by atoms with Crippen LogP contribution in [0.3, 0.4) is 0 Å². The molecule has 0 aliphatic carbocycles. The van der Waals surface area contributed by atoms with Gasteiger partial charge in [0, 0.05) is 17.3 Å². The maximum absolute atomic E-state index is 12.3. The highest BCUT2D eigenvalue weighted by Crippen LogP contribution is 2.36. The first-order valence-corrected chi connectivity index (χ1v) is 8.46. The van der Waals surface area contributed by atoms with Crippen LogP contribution in [0.4, 0.5) is 5.69 Å². The van der Waals surface area contributed by atoms with Gasteiger partial charge < -0.3 is 19.3 Å². The number of benzene rings is 2. The van der Waals surface area contributed by atoms with Crippen LogP contribution in [0.5, 0.6) is 11.5 Å². The highest BCUT2D eigenvalue weighted by molar-refractivity contribution is 5.92. The number of anilines is 1. The fourth-order valence-electron chi connectivity index (χ4n) is 2.89. The molecule has 1 aliphatic heterocycles. The maximum Gasteiger partial charge on any atom is 0.231 e. The number of amides is 1. The minimum atomic E-state index is -0.128. The maximum atomic E-state index is 12.3. The van der Waals surface area contributed by atoms with E-state index in [1.54, 1.807) is 6.07 Å². The number of aromatic nitrogens is 1. The van der Waals surface area contributed by atoms with E-state index >= 15 is 0 Å². The number of hydrogen-bond donors (Lipinski definition) is 1. The second-order valence-electron chi connectivity index (χ2n) is 5.99. The van der Waals surface area contributed by atoms with Gasteiger partial charge in [0.05, 0.1) is 12.1 Å². The molecule has 0 unspecified atom stereocenters. The van der Waals surface area contributed by atoms with E-state index in [1.807, 2.05) is 42.5 Å². The van der Waals surface area contributed by atoms with Gasteiger partial charge in [-0.15, -0.1) is 0 Å². The summed E-state index contributed by atoms with van der Waals surface area (Å²) in [4.78, 5) is 12.3. The molecule has 0 saturated heterocycles. The average molecular weight is 350 g/mol. The molecule has 2 heterocycles. The SMILES string of the molecule is CCc1ccccc1NC(=O)Cc1cc(-c2ccc3c(c2)OCO3)on1. The Bertz CT molecular complexity index is 948. The summed E-state index contributed by atoms with van der Waals surface area (Å²) in [7, 11) is 0. The number of para-hydroxylation sites is 1. The Balaban J connectivity index is 1.46. The van der Waals surface area contributed by atoms with Gasteiger partial charge in [-0.05, 0) is 36.2 Å². The topological polar surface area (TPSA) is 73.6 Å². The number of nitrogens with one attached hydrogen (secondary N) is 1. The Hall–Kier alpha value is -3.28. The van der Waals surface area contributed by atoms with Crippen molar-refractivity contribution in [3.63, 3.8) is 0 Å². The lowest BCUT2D eigenvalue weighted by atomic mass is 10.1. The van der Waals surface area contributed by atoms with Gasteiger partial charge in [0.1, 0.15) is 0 Å². The number of fused-ring (bicyclic) bond motifs is 1. The van der Waals surface area contributed by atoms with E-state index in [2.05, 4.69) is 17.4 Å². The highest BCUT2D eigenvalue weighted by Gasteiger charge is 2.17. The summed E-state index contributed by atoms with van der Waals surface area (Å²) in [5, 5.41) is 6.94. The monoisotopic (exact) mass is 350 g/mol. The Labute approximate surface area is 150 Å². The second kappa shape index (κ2) is 6.92. The van der Waals surface area contributed by atoms with E-state index in [-0.39, 0.29) is 19.1 Å². The van der Waals surface area contributed by atoms with Crippen molar-refractivity contribution in [2.24, 2.45) is 0 Å². The Kier molecular flexibility index (Phi) is 4.31. The largest absolute Gasteiger partial charge is 0.454 e. The summed E-state index contributed by atoms with van der Waals surface area (Å²) < 4.78 is 16.1. The minimum Gasteiger partial charge on any atom is -0.454 e. The summed E-state index contributed by atoms with van der Waals surface area (Å²) in [5.74, 6) is 1.84. The molecule has 1 N–H and O–H groups in total. The summed E-state index contributed by atoms with van der Waals surface area (Å²) in [6.45, 7) is 2.28. The number of aryl methyl sites for hydroxylation is 1. The first-order chi connectivity index (χ1) is 12.7. The van der Waals surface area contributed by atoms with Crippen molar-refractivity contribution >= 4 is 11.6 Å². The number of carbonyl (C=O) groups is 1. The minimum absolute atomic E-state index is 0.128. The van der Waals surface area contributed by atoms with E-state index in [9.17, 15) is 4.79 Å². The van der Waals surface area contributed by atoms with E-state index in [1.165, 1.54) is 0 Å². The van der Waals surface area contributed by atoms with Gasteiger partial charge >= 0.3 is 0 Å². The van der Waals surface area contributed by atoms with Crippen molar-refractivity contribution in [2.45, 2.75) is 19.8 Å². The zero-order chi connectivity index (χ0) is 17.9. The molecule has 2 aromatic carbocycles. The molecule has 0 bridgehead atoms. The lowest BCUT2D eigenvalue weighted by Crippen LogP contribution is -2.15. The fraction of sp³-hybridized carbons (Fsp3) is 0.200. The molecule has 0 atom stereocenters. The third kappa shape index (κ3) is 3.26. The van der Waals surface area contributed by atoms with Crippen molar-refractivity contribution < 1.29 is 18.8 Å². The second-order valence-corrected chi connectivity index (χ2v) is 5.99. The van der Waals surface area contributed by atoms with Gasteiger partial charge in [-0.2, -0.15) is 0 Å². The molecule has 0 fully saturated rings. The van der Waals surface area contributed by atoms with Crippen LogP contribution in [0, 0.1) is 0 Å². The highest BCUT2D eigenvalue weighted by atomic mass is 16.7. The smallest absolute Gasteiger partial charge is 0.231 e.